The molecule has 18 nitrogen and oxygen atoms in total. The number of hydrogen-bond donors (Lipinski definition) is 4. The van der Waals surface area contributed by atoms with Gasteiger partial charge in [-0.3, -0.25) is 34.1 Å². The lowest BCUT2D eigenvalue weighted by molar-refractivity contribution is -0.164. The number of carboxylic acids is 1. The first kappa shape index (κ1) is 56.6. The number of fused-ring (bicyclic) bond motifs is 3. The second kappa shape index (κ2) is 19.3. The van der Waals surface area contributed by atoms with Gasteiger partial charge in [0.1, 0.15) is 36.7 Å². The van der Waals surface area contributed by atoms with E-state index in [1.54, 1.807) is 55.4 Å². The molecule has 68 heavy (non-hydrogen) atoms. The molecule has 372 valence electrons. The van der Waals surface area contributed by atoms with Gasteiger partial charge in [-0.25, -0.2) is 37.7 Å². The van der Waals surface area contributed by atoms with Gasteiger partial charge in [0, 0.05) is 0 Å². The number of aromatic nitrogens is 6. The third-order valence-electron chi connectivity index (χ3n) is 11.5. The minimum absolute atomic E-state index is 0.172. The third-order valence-corrected chi connectivity index (χ3v) is 22.1. The fourth-order valence-electron chi connectivity index (χ4n) is 6.28. The van der Waals surface area contributed by atoms with E-state index in [9.17, 15) is 48.3 Å². The van der Waals surface area contributed by atoms with E-state index in [2.05, 4.69) is 62.7 Å². The Balaban J connectivity index is 0.000000225. The molecule has 0 spiro atoms. The van der Waals surface area contributed by atoms with Crippen LogP contribution in [0.1, 0.15) is 99.8 Å². The van der Waals surface area contributed by atoms with Crippen molar-refractivity contribution in [1.29, 1.82) is 0 Å². The smallest absolute Gasteiger partial charge is 0.332 e. The molecule has 0 bridgehead atoms. The first-order chi connectivity index (χ1) is 30.6. The van der Waals surface area contributed by atoms with Gasteiger partial charge in [0.25, 0.3) is 25.0 Å². The number of H-pyrrole nitrogens is 3. The monoisotopic (exact) mass is 1210 g/mol. The summed E-state index contributed by atoms with van der Waals surface area (Å²) in [6, 6.07) is 0. The molecule has 0 aliphatic rings. The summed E-state index contributed by atoms with van der Waals surface area (Å²) in [5.41, 5.74) is -6.55. The number of rotatable bonds is 7. The Morgan fingerprint density at radius 2 is 0.809 bits per heavy atom. The molecule has 0 unspecified atom stereocenters. The van der Waals surface area contributed by atoms with E-state index in [4.69, 9.17) is 9.16 Å². The Bertz CT molecular complexity index is 3400. The number of nitrogens with zero attached hydrogens (tertiary/aromatic N) is 3. The highest BCUT2D eigenvalue weighted by Crippen LogP contribution is 2.38. The molecule has 6 rings (SSSR count). The van der Waals surface area contributed by atoms with E-state index in [0.717, 1.165) is 36.2 Å². The van der Waals surface area contributed by atoms with Crippen LogP contribution < -0.4 is 33.7 Å². The number of aromatic amines is 3. The largest absolute Gasteiger partial charge is 0.517 e. The quantitative estimate of drug-likeness (QED) is 0.0866. The van der Waals surface area contributed by atoms with E-state index < -0.39 is 82.2 Å². The van der Waals surface area contributed by atoms with Crippen LogP contribution in [0.5, 0.6) is 0 Å². The number of esters is 1. The first-order valence-corrected chi connectivity index (χ1v) is 28.4. The highest BCUT2D eigenvalue weighted by Gasteiger charge is 2.45. The average Bonchev–Trinajstić information content (AvgIpc) is 3.73. The van der Waals surface area contributed by atoms with Crippen molar-refractivity contribution in [2.45, 2.75) is 144 Å². The highest BCUT2D eigenvalue weighted by molar-refractivity contribution is 9.11. The predicted octanol–water partition coefficient (Wildman–Crippen LogP) is 8.65. The number of nitrogens with one attached hydrogen (secondary N) is 3. The fraction of sp³-hybridized carbons (Fsp3) is 0.512. The molecule has 0 radical (unpaired) electrons. The molecule has 0 fully saturated rings. The number of halogens is 3. The lowest BCUT2D eigenvalue weighted by atomic mass is 10.0. The normalized spacial score (nSPS) is 12.7. The molecule has 0 saturated carbocycles. The number of aliphatic carboxylic acids is 1. The zero-order valence-electron chi connectivity index (χ0n) is 40.6. The molecule has 0 saturated heterocycles. The van der Waals surface area contributed by atoms with Crippen molar-refractivity contribution < 1.29 is 28.7 Å². The molecule has 25 heteroatoms. The molecule has 6 aromatic heterocycles. The van der Waals surface area contributed by atoms with Crippen molar-refractivity contribution in [3.63, 3.8) is 0 Å². The van der Waals surface area contributed by atoms with Crippen molar-refractivity contribution in [1.82, 2.24) is 28.7 Å². The van der Waals surface area contributed by atoms with Gasteiger partial charge in [-0.15, -0.1) is 34.0 Å². The summed E-state index contributed by atoms with van der Waals surface area (Å²) in [4.78, 5) is 121. The number of carbonyl (C=O) groups is 3. The Hall–Kier alpha value is -4.01. The van der Waals surface area contributed by atoms with Crippen LogP contribution in [-0.2, 0) is 40.2 Å². The summed E-state index contributed by atoms with van der Waals surface area (Å²) >= 11 is 13.9. The van der Waals surface area contributed by atoms with E-state index in [1.165, 1.54) is 61.7 Å². The van der Waals surface area contributed by atoms with E-state index >= 15 is 0 Å². The molecule has 0 atom stereocenters. The number of ether oxygens (including phenoxy) is 1. The molecular weight excluding hydrogens is 1160 g/mol. The van der Waals surface area contributed by atoms with Crippen molar-refractivity contribution in [3.8, 4) is 0 Å². The van der Waals surface area contributed by atoms with Crippen molar-refractivity contribution >= 4 is 139 Å². The van der Waals surface area contributed by atoms with Gasteiger partial charge in [0.15, 0.2) is 0 Å². The Kier molecular flexibility index (Phi) is 16.1. The lowest BCUT2D eigenvalue weighted by Crippen LogP contribution is -2.54. The zero-order chi connectivity index (χ0) is 52.5. The summed E-state index contributed by atoms with van der Waals surface area (Å²) < 4.78 is 16.1. The van der Waals surface area contributed by atoms with Gasteiger partial charge >= 0.3 is 35.0 Å². The van der Waals surface area contributed by atoms with Crippen LogP contribution >= 0.6 is 81.8 Å². The fourth-order valence-corrected chi connectivity index (χ4v) is 12.1. The molecular formula is C43H55Br3N6O12S3Si. The standard InChI is InChI=1S/C17H25BrN2O4SSi.C15H19BrN2O4S.C11H11BrN2O4S/c1-9-10-12(25-11(9)18)19-15(23)20(13(10)21)17(5,6)14(22)24-26(7,8)16(2,3)4;1-7-8-10(23-9(7)16)17-13(21)18(11(8)19)15(5,6)12(20)22-14(2,3)4;1-4-5-7(19-6(4)12)13-10(18)14(8(5)15)11(2,3)9(16)17/h1-8H3,(H,19,23);1-6H3,(H,17,21);1-3H3,(H,13,18)(H,16,17). The van der Waals surface area contributed by atoms with Crippen molar-refractivity contribution in [3.05, 3.63) is 90.6 Å². The summed E-state index contributed by atoms with van der Waals surface area (Å²) in [5, 5.41) is 10.2. The topological polar surface area (TPSA) is 254 Å². The highest BCUT2D eigenvalue weighted by atomic mass is 79.9. The predicted molar refractivity (Wildman–Crippen MR) is 282 cm³/mol. The number of carbonyl (C=O) groups excluding carboxylic acids is 2. The molecule has 0 amide bonds. The Morgan fingerprint density at radius 1 is 0.529 bits per heavy atom. The van der Waals surface area contributed by atoms with Gasteiger partial charge < -0.3 is 14.3 Å². The second-order valence-corrected chi connectivity index (χ2v) is 31.7. The molecule has 6 aromatic rings. The molecule has 0 aromatic carbocycles. The van der Waals surface area contributed by atoms with E-state index in [0.29, 0.717) is 36.2 Å². The third kappa shape index (κ3) is 10.7. The van der Waals surface area contributed by atoms with Crippen LogP contribution in [0.25, 0.3) is 30.6 Å². The summed E-state index contributed by atoms with van der Waals surface area (Å²) in [6.45, 7) is 29.2. The van der Waals surface area contributed by atoms with Crippen LogP contribution in [-0.4, -0.2) is 65.6 Å². The second-order valence-electron chi connectivity index (χ2n) is 20.0. The molecule has 0 aliphatic carbocycles. The zero-order valence-corrected chi connectivity index (χ0v) is 48.8. The van der Waals surface area contributed by atoms with Gasteiger partial charge in [0.2, 0.25) is 0 Å². The van der Waals surface area contributed by atoms with Gasteiger partial charge in [-0.2, -0.15) is 0 Å². The van der Waals surface area contributed by atoms with Crippen LogP contribution in [0, 0.1) is 20.8 Å². The molecule has 0 aliphatic heterocycles. The Labute approximate surface area is 427 Å². The van der Waals surface area contributed by atoms with Crippen LogP contribution in [0.3, 0.4) is 0 Å². The number of aryl methyl sites for hydroxylation is 3. The molecule has 4 N–H and O–H groups in total. The average molecular weight is 1210 g/mol. The summed E-state index contributed by atoms with van der Waals surface area (Å²) in [7, 11) is -2.39. The number of thiophene rings is 3. The lowest BCUT2D eigenvalue weighted by Gasteiger charge is -2.38. The van der Waals surface area contributed by atoms with Gasteiger partial charge in [-0.05, 0) is 166 Å². The van der Waals surface area contributed by atoms with Crippen molar-refractivity contribution in [2.24, 2.45) is 0 Å². The summed E-state index contributed by atoms with van der Waals surface area (Å²) in [6.07, 6.45) is 0. The first-order valence-electron chi connectivity index (χ1n) is 20.7. The minimum Gasteiger partial charge on any atom is -0.517 e. The number of hydrogen-bond acceptors (Lipinski definition) is 14. The number of carboxylic acid groups (broad SMARTS) is 1. The van der Waals surface area contributed by atoms with E-state index in [-0.39, 0.29) is 5.04 Å². The van der Waals surface area contributed by atoms with Crippen molar-refractivity contribution in [2.75, 3.05) is 0 Å². The van der Waals surface area contributed by atoms with Gasteiger partial charge in [-0.1, -0.05) is 20.8 Å². The van der Waals surface area contributed by atoms with Crippen LogP contribution in [0.4, 0.5) is 0 Å². The van der Waals surface area contributed by atoms with E-state index in [1.807, 2.05) is 33.9 Å². The minimum atomic E-state index is -2.39. The van der Waals surface area contributed by atoms with Crippen LogP contribution in [0.2, 0.25) is 18.1 Å². The van der Waals surface area contributed by atoms with Crippen LogP contribution in [0.15, 0.2) is 40.1 Å². The maximum Gasteiger partial charge on any atom is 0.332 e. The summed E-state index contributed by atoms with van der Waals surface area (Å²) in [5.74, 6) is -2.45. The maximum atomic E-state index is 13.0. The van der Waals surface area contributed by atoms with Gasteiger partial charge in [0.05, 0.1) is 27.5 Å². The molecule has 6 heterocycles. The Morgan fingerprint density at radius 3 is 1.07 bits per heavy atom. The maximum absolute atomic E-state index is 13.0. The SMILES string of the molecule is Cc1c(Br)sc2[nH]c(=O)n(C(C)(C)C(=O)O)c(=O)c12.Cc1c(Br)sc2[nH]c(=O)n(C(C)(C)C(=O)OC(C)(C)C)c(=O)c12.Cc1c(Br)sc2[nH]c(=O)n(C(C)(C)C(=O)O[Si](C)(C)C(C)(C)C)c(=O)c12.